The molecule has 9 aliphatic carbocycles. The average molecular weight is 1420 g/mol. The van der Waals surface area contributed by atoms with E-state index >= 15 is 0 Å². The molecular weight excluding hydrogens is 1290 g/mol. The third-order valence-electron chi connectivity index (χ3n) is 31.0. The van der Waals surface area contributed by atoms with Gasteiger partial charge in [-0.1, -0.05) is 139 Å². The van der Waals surface area contributed by atoms with Gasteiger partial charge in [0.25, 0.3) is 0 Å². The van der Waals surface area contributed by atoms with Crippen molar-refractivity contribution in [2.45, 2.75) is 288 Å². The van der Waals surface area contributed by atoms with Crippen LogP contribution in [0.1, 0.15) is 308 Å². The van der Waals surface area contributed by atoms with Crippen molar-refractivity contribution >= 4 is 0 Å². The second kappa shape index (κ2) is 28.3. The summed E-state index contributed by atoms with van der Waals surface area (Å²) in [5.74, 6) is 2.16. The van der Waals surface area contributed by atoms with Gasteiger partial charge in [-0.05, 0) is 390 Å². The second-order valence-electron chi connectivity index (χ2n) is 39.8. The van der Waals surface area contributed by atoms with E-state index in [4.69, 9.17) is 0 Å². The molecule has 9 aliphatic rings. The van der Waals surface area contributed by atoms with Gasteiger partial charge in [-0.2, -0.15) is 0 Å². The molecule has 0 unspecified atom stereocenters. The van der Waals surface area contributed by atoms with Gasteiger partial charge in [-0.15, -0.1) is 0 Å². The molecule has 6 aromatic carbocycles. The molecule has 9 aromatic rings. The predicted octanol–water partition coefficient (Wildman–Crippen LogP) is 26.4. The van der Waals surface area contributed by atoms with Gasteiger partial charge in [0, 0.05) is 34.9 Å². The summed E-state index contributed by atoms with van der Waals surface area (Å²) in [7, 11) is 6.80. The molecule has 0 saturated heterocycles. The minimum Gasteiger partial charge on any atom is -0.201 e. The lowest BCUT2D eigenvalue weighted by molar-refractivity contribution is -0.661. The first-order valence-electron chi connectivity index (χ1n) is 42.7. The van der Waals surface area contributed by atoms with Crippen LogP contribution in [0.25, 0.3) is 67.2 Å². The number of hydrogen-bond acceptors (Lipinski definition) is 0. The summed E-state index contributed by atoms with van der Waals surface area (Å²) >= 11 is 0. The number of fused-ring (bicyclic) bond motifs is 9. The smallest absolute Gasteiger partial charge is 0.201 e. The summed E-state index contributed by atoms with van der Waals surface area (Å²) in [5, 5.41) is 0. The summed E-state index contributed by atoms with van der Waals surface area (Å²) in [6.07, 6.45) is 44.6. The zero-order valence-electron chi connectivity index (χ0n) is 69.4. The van der Waals surface area contributed by atoms with Crippen molar-refractivity contribution in [3.8, 4) is 67.2 Å². The highest BCUT2D eigenvalue weighted by Gasteiger charge is 2.46. The zero-order valence-corrected chi connectivity index (χ0v) is 69.4. The standard InChI is InChI=1S/2C35H44N.C34H42N/c1-23-8-7-9-27-28-11-10-24(2)33(31(28)20-30(23)27)32-21-29(25(3)22-36(32)6)26-12-14-35(15-13-26)18-16-34(4,5)17-19-35;1-23-20-31(33-25(3)19-24(2)32-28-10-8-7-9-27(28)21-29(32)33)36(6)22-30(23)26-11-13-35(14-12-26)17-15-34(4,5)16-18-35;1-23-10-11-28-27-9-7-6-8-26(27)21-29(28)32(23)31-20-24(2)30(22-35(31)5)25-12-14-34(15-13-25)18-16-33(3,4)17-19-34/h7-11,21-22,26H,12-20H2,1-6H3;7-10,19-20,22,26H,11-18,21H2,1-6H3;6-11,20,22,25H,12-19,21H2,1-5H3/q3*+1. The summed E-state index contributed by atoms with van der Waals surface area (Å²) < 4.78 is 7.27. The van der Waals surface area contributed by atoms with Crippen molar-refractivity contribution in [3.05, 3.63) is 228 Å². The average Bonchev–Trinajstić information content (AvgIpc) is 1.63. The zero-order chi connectivity index (χ0) is 74.9. The first kappa shape index (κ1) is 73.9. The Morgan fingerprint density at radius 1 is 0.262 bits per heavy atom. The molecule has 0 radical (unpaired) electrons. The second-order valence-corrected chi connectivity index (χ2v) is 39.8. The fourth-order valence-corrected chi connectivity index (χ4v) is 23.6. The number of hydrogen-bond donors (Lipinski definition) is 0. The van der Waals surface area contributed by atoms with Crippen LogP contribution < -0.4 is 13.7 Å². The molecule has 107 heavy (non-hydrogen) atoms. The highest BCUT2D eigenvalue weighted by molar-refractivity contribution is 5.89. The molecule has 0 N–H and O–H groups in total. The fourth-order valence-electron chi connectivity index (χ4n) is 23.6. The van der Waals surface area contributed by atoms with Gasteiger partial charge in [0.1, 0.15) is 21.1 Å². The maximum atomic E-state index is 2.58. The van der Waals surface area contributed by atoms with E-state index in [0.717, 1.165) is 31.1 Å². The molecule has 558 valence electrons. The van der Waals surface area contributed by atoms with Crippen LogP contribution in [0, 0.1) is 87.9 Å². The molecule has 3 nitrogen and oxygen atoms in total. The van der Waals surface area contributed by atoms with E-state index in [9.17, 15) is 0 Å². The molecule has 3 spiro atoms. The Kier molecular flexibility index (Phi) is 19.5. The SMILES string of the molecule is Cc1c[n+](C)c(-c2c(C)ccc3c2Cc2c(C)cccc2-3)cc1C1CCC2(CC1)CCC(C)(C)CC2.Cc1cc(-c2c(C)cc(C)c3c2Cc2ccccc2-3)[n+](C)cc1C1CCC2(CC1)CCC(C)(C)CC2.Cc1cc(-c2c(C)ccc3c2Cc2ccccc2-3)[n+](C)cc1C1CCC2(CC1)CCC(C)(C)CC2. The molecule has 0 atom stereocenters. The molecular formula is C104H130N3+3. The van der Waals surface area contributed by atoms with Crippen LogP contribution >= 0.6 is 0 Å². The molecule has 3 aromatic heterocycles. The van der Waals surface area contributed by atoms with Crippen molar-refractivity contribution in [2.75, 3.05) is 0 Å². The Labute approximate surface area is 646 Å². The molecule has 0 aliphatic heterocycles. The van der Waals surface area contributed by atoms with E-state index in [1.807, 2.05) is 0 Å². The molecule has 3 heteroatoms. The van der Waals surface area contributed by atoms with E-state index in [0.29, 0.717) is 38.4 Å². The number of nitrogens with zero attached hydrogens (tertiary/aromatic N) is 3. The summed E-state index contributed by atoms with van der Waals surface area (Å²) in [5.41, 5.74) is 46.1. The van der Waals surface area contributed by atoms with Gasteiger partial charge in [0.2, 0.25) is 17.1 Å². The number of pyridine rings is 3. The van der Waals surface area contributed by atoms with E-state index in [1.165, 1.54) is 299 Å². The maximum absolute atomic E-state index is 2.58. The van der Waals surface area contributed by atoms with Crippen molar-refractivity contribution in [1.29, 1.82) is 0 Å². The molecule has 18 rings (SSSR count). The summed E-state index contributed by atoms with van der Waals surface area (Å²) in [4.78, 5) is 0. The van der Waals surface area contributed by atoms with Gasteiger partial charge in [-0.25, -0.2) is 13.7 Å². The third kappa shape index (κ3) is 14.0. The van der Waals surface area contributed by atoms with E-state index < -0.39 is 0 Å². The highest BCUT2D eigenvalue weighted by Crippen LogP contribution is 2.59. The van der Waals surface area contributed by atoms with E-state index in [-0.39, 0.29) is 0 Å². The first-order valence-corrected chi connectivity index (χ1v) is 42.7. The number of benzene rings is 6. The van der Waals surface area contributed by atoms with Gasteiger partial charge in [0.05, 0.1) is 16.7 Å². The van der Waals surface area contributed by atoms with Gasteiger partial charge in [-0.3, -0.25) is 0 Å². The normalized spacial score (nSPS) is 20.5. The number of aromatic nitrogens is 3. The summed E-state index contributed by atoms with van der Waals surface area (Å²) in [6.45, 7) is 33.4. The quantitative estimate of drug-likeness (QED) is 0.147. The Morgan fingerprint density at radius 2 is 0.626 bits per heavy atom. The van der Waals surface area contributed by atoms with Crippen molar-refractivity contribution in [1.82, 2.24) is 0 Å². The number of rotatable bonds is 6. The van der Waals surface area contributed by atoms with E-state index in [1.54, 1.807) is 16.7 Å². The van der Waals surface area contributed by atoms with Crippen LogP contribution in [0.4, 0.5) is 0 Å². The topological polar surface area (TPSA) is 11.6 Å². The summed E-state index contributed by atoms with van der Waals surface area (Å²) in [6, 6.07) is 44.1. The molecule has 0 bridgehead atoms. The largest absolute Gasteiger partial charge is 0.213 e. The van der Waals surface area contributed by atoms with Crippen LogP contribution in [0.3, 0.4) is 0 Å². The molecule has 3 heterocycles. The highest BCUT2D eigenvalue weighted by atomic mass is 14.9. The van der Waals surface area contributed by atoms with Crippen LogP contribution in [0.15, 0.2) is 134 Å². The van der Waals surface area contributed by atoms with Crippen LogP contribution in [0.5, 0.6) is 0 Å². The monoisotopic (exact) mass is 1420 g/mol. The lowest BCUT2D eigenvalue weighted by Crippen LogP contribution is -2.36. The molecule has 6 fully saturated rings. The van der Waals surface area contributed by atoms with Crippen molar-refractivity contribution < 1.29 is 13.7 Å². The lowest BCUT2D eigenvalue weighted by atomic mass is 9.58. The van der Waals surface area contributed by atoms with Crippen LogP contribution in [0.2, 0.25) is 0 Å². The minimum absolute atomic E-state index is 0.563. The Hall–Kier alpha value is -7.23. The van der Waals surface area contributed by atoms with Gasteiger partial charge in [0.15, 0.2) is 18.6 Å². The first-order chi connectivity index (χ1) is 51.1. The lowest BCUT2D eigenvalue weighted by Gasteiger charge is -2.47. The minimum atomic E-state index is 0.563. The van der Waals surface area contributed by atoms with Crippen molar-refractivity contribution in [3.63, 3.8) is 0 Å². The Morgan fingerprint density at radius 3 is 1.11 bits per heavy atom. The third-order valence-corrected chi connectivity index (χ3v) is 31.0. The van der Waals surface area contributed by atoms with Gasteiger partial charge < -0.3 is 0 Å². The maximum Gasteiger partial charge on any atom is 0.213 e. The number of aryl methyl sites for hydroxylation is 11. The van der Waals surface area contributed by atoms with Crippen LogP contribution in [-0.4, -0.2) is 0 Å². The Balaban J connectivity index is 0.000000123. The van der Waals surface area contributed by atoms with Crippen LogP contribution in [-0.2, 0) is 40.4 Å². The molecule has 0 amide bonds. The van der Waals surface area contributed by atoms with E-state index in [2.05, 4.69) is 266 Å². The molecule has 6 saturated carbocycles. The van der Waals surface area contributed by atoms with Gasteiger partial charge >= 0.3 is 0 Å². The fraction of sp³-hybridized carbons (Fsp3) is 0.510. The predicted molar refractivity (Wildman–Crippen MR) is 449 cm³/mol. The Bertz CT molecular complexity index is 4900. The van der Waals surface area contributed by atoms with Crippen molar-refractivity contribution in [2.24, 2.45) is 53.6 Å².